The van der Waals surface area contributed by atoms with Crippen LogP contribution in [0.3, 0.4) is 0 Å². The molecule has 1 N–H and O–H groups in total. The molecule has 1 aliphatic rings. The summed E-state index contributed by atoms with van der Waals surface area (Å²) in [5.41, 5.74) is 2.39. The van der Waals surface area contributed by atoms with Crippen LogP contribution in [0.4, 0.5) is 0 Å². The lowest BCUT2D eigenvalue weighted by molar-refractivity contribution is 0.147. The highest BCUT2D eigenvalue weighted by Gasteiger charge is 2.15. The van der Waals surface area contributed by atoms with E-state index in [0.29, 0.717) is 0 Å². The van der Waals surface area contributed by atoms with Gasteiger partial charge in [0.15, 0.2) is 0 Å². The number of aromatic amines is 1. The average molecular weight is 194 g/mol. The summed E-state index contributed by atoms with van der Waals surface area (Å²) < 4.78 is 0. The second-order valence-electron chi connectivity index (χ2n) is 4.05. The number of piperazine rings is 1. The number of nitrogens with zero attached hydrogens (tertiary/aromatic N) is 3. The molecular weight excluding hydrogens is 176 g/mol. The number of H-pyrrole nitrogens is 1. The second kappa shape index (κ2) is 4.11. The van der Waals surface area contributed by atoms with E-state index in [1.807, 2.05) is 0 Å². The molecule has 4 nitrogen and oxygen atoms in total. The first-order valence-corrected chi connectivity index (χ1v) is 5.15. The van der Waals surface area contributed by atoms with Crippen molar-refractivity contribution in [1.82, 2.24) is 19.8 Å². The molecule has 14 heavy (non-hydrogen) atoms. The van der Waals surface area contributed by atoms with Crippen LogP contribution in [0.15, 0.2) is 6.33 Å². The van der Waals surface area contributed by atoms with Crippen molar-refractivity contribution in [1.29, 1.82) is 0 Å². The Labute approximate surface area is 84.9 Å². The van der Waals surface area contributed by atoms with Gasteiger partial charge in [-0.15, -0.1) is 0 Å². The van der Waals surface area contributed by atoms with E-state index in [1.165, 1.54) is 24.5 Å². The normalized spacial score (nSPS) is 20.1. The van der Waals surface area contributed by atoms with Crippen LogP contribution in [0.2, 0.25) is 0 Å². The fourth-order valence-electron chi connectivity index (χ4n) is 1.76. The van der Waals surface area contributed by atoms with E-state index in [2.05, 4.69) is 33.7 Å². The lowest BCUT2D eigenvalue weighted by Crippen LogP contribution is -2.44. The number of aromatic nitrogens is 2. The quantitative estimate of drug-likeness (QED) is 0.743. The summed E-state index contributed by atoms with van der Waals surface area (Å²) in [6.45, 7) is 7.72. The second-order valence-corrected chi connectivity index (χ2v) is 4.05. The maximum absolute atomic E-state index is 4.32. The molecule has 78 valence electrons. The maximum Gasteiger partial charge on any atom is 0.0925 e. The van der Waals surface area contributed by atoms with Crippen LogP contribution < -0.4 is 0 Å². The summed E-state index contributed by atoms with van der Waals surface area (Å²) >= 11 is 0. The fraction of sp³-hybridized carbons (Fsp3) is 0.700. The lowest BCUT2D eigenvalue weighted by Gasteiger charge is -2.31. The predicted molar refractivity (Wildman–Crippen MR) is 56.1 cm³/mol. The van der Waals surface area contributed by atoms with Gasteiger partial charge in [0, 0.05) is 38.4 Å². The minimum absolute atomic E-state index is 0.989. The van der Waals surface area contributed by atoms with Gasteiger partial charge in [0.25, 0.3) is 0 Å². The Hall–Kier alpha value is -0.870. The lowest BCUT2D eigenvalue weighted by atomic mass is 10.3. The zero-order valence-corrected chi connectivity index (χ0v) is 8.95. The van der Waals surface area contributed by atoms with E-state index < -0.39 is 0 Å². The molecule has 0 bridgehead atoms. The minimum Gasteiger partial charge on any atom is -0.348 e. The third kappa shape index (κ3) is 2.13. The number of nitrogens with one attached hydrogen (secondary N) is 1. The average Bonchev–Trinajstić information content (AvgIpc) is 2.56. The molecule has 0 unspecified atom stereocenters. The molecule has 2 rings (SSSR count). The van der Waals surface area contributed by atoms with Gasteiger partial charge in [-0.2, -0.15) is 0 Å². The molecule has 0 spiro atoms. The molecule has 0 atom stereocenters. The van der Waals surface area contributed by atoms with Gasteiger partial charge >= 0.3 is 0 Å². The van der Waals surface area contributed by atoms with Crippen LogP contribution in [0.5, 0.6) is 0 Å². The monoisotopic (exact) mass is 194 g/mol. The molecule has 0 aliphatic carbocycles. The van der Waals surface area contributed by atoms with Gasteiger partial charge < -0.3 is 9.88 Å². The van der Waals surface area contributed by atoms with E-state index in [1.54, 1.807) is 6.33 Å². The first-order valence-electron chi connectivity index (χ1n) is 5.15. The number of likely N-dealkylation sites (N-methyl/N-ethyl adjacent to an activating group) is 1. The highest BCUT2D eigenvalue weighted by Crippen LogP contribution is 2.07. The van der Waals surface area contributed by atoms with E-state index in [4.69, 9.17) is 0 Å². The number of aryl methyl sites for hydroxylation is 1. The van der Waals surface area contributed by atoms with Gasteiger partial charge in [0.2, 0.25) is 0 Å². The topological polar surface area (TPSA) is 35.2 Å². The minimum atomic E-state index is 0.989. The van der Waals surface area contributed by atoms with Crippen LogP contribution >= 0.6 is 0 Å². The summed E-state index contributed by atoms with van der Waals surface area (Å²) in [5.74, 6) is 0. The Kier molecular flexibility index (Phi) is 2.84. The third-order valence-corrected chi connectivity index (χ3v) is 2.90. The van der Waals surface area contributed by atoms with Gasteiger partial charge in [-0.3, -0.25) is 4.90 Å². The summed E-state index contributed by atoms with van der Waals surface area (Å²) in [5, 5.41) is 0. The van der Waals surface area contributed by atoms with Crippen LogP contribution in [-0.2, 0) is 6.54 Å². The van der Waals surface area contributed by atoms with Crippen LogP contribution in [0.25, 0.3) is 0 Å². The van der Waals surface area contributed by atoms with Crippen molar-refractivity contribution in [3.8, 4) is 0 Å². The molecule has 1 fully saturated rings. The van der Waals surface area contributed by atoms with E-state index in [-0.39, 0.29) is 0 Å². The first-order chi connectivity index (χ1) is 6.75. The van der Waals surface area contributed by atoms with Crippen LogP contribution in [0, 0.1) is 6.92 Å². The Morgan fingerprint density at radius 3 is 2.64 bits per heavy atom. The molecule has 2 heterocycles. The van der Waals surface area contributed by atoms with Crippen LogP contribution in [0.1, 0.15) is 11.4 Å². The Bertz CT molecular complexity index is 286. The Balaban J connectivity index is 1.89. The molecule has 0 amide bonds. The zero-order chi connectivity index (χ0) is 9.97. The smallest absolute Gasteiger partial charge is 0.0925 e. The molecule has 4 heteroatoms. The standard InChI is InChI=1S/C10H18N4/c1-9-10(12-8-11-9)7-14-5-3-13(2)4-6-14/h8H,3-7H2,1-2H3,(H,11,12). The highest BCUT2D eigenvalue weighted by molar-refractivity contribution is 5.08. The molecule has 0 aromatic carbocycles. The van der Waals surface area contributed by atoms with Crippen molar-refractivity contribution in [2.75, 3.05) is 33.2 Å². The van der Waals surface area contributed by atoms with E-state index in [0.717, 1.165) is 19.6 Å². The van der Waals surface area contributed by atoms with Crippen molar-refractivity contribution in [2.45, 2.75) is 13.5 Å². The van der Waals surface area contributed by atoms with E-state index >= 15 is 0 Å². The van der Waals surface area contributed by atoms with Gasteiger partial charge in [-0.25, -0.2) is 4.98 Å². The molecule has 0 saturated carbocycles. The molecule has 1 aromatic rings. The fourth-order valence-corrected chi connectivity index (χ4v) is 1.76. The molecule has 1 aromatic heterocycles. The summed E-state index contributed by atoms with van der Waals surface area (Å²) in [6, 6.07) is 0. The zero-order valence-electron chi connectivity index (χ0n) is 8.95. The third-order valence-electron chi connectivity index (χ3n) is 2.90. The van der Waals surface area contributed by atoms with Crippen molar-refractivity contribution in [2.24, 2.45) is 0 Å². The summed E-state index contributed by atoms with van der Waals surface area (Å²) in [7, 11) is 2.18. The van der Waals surface area contributed by atoms with Gasteiger partial charge in [0.05, 0.1) is 12.0 Å². The Morgan fingerprint density at radius 2 is 2.07 bits per heavy atom. The SMILES string of the molecule is Cc1[nH]cnc1CN1CCN(C)CC1. The molecule has 1 saturated heterocycles. The van der Waals surface area contributed by atoms with Crippen molar-refractivity contribution in [3.05, 3.63) is 17.7 Å². The van der Waals surface area contributed by atoms with Gasteiger partial charge in [-0.1, -0.05) is 0 Å². The highest BCUT2D eigenvalue weighted by atomic mass is 15.2. The van der Waals surface area contributed by atoms with Gasteiger partial charge in [-0.05, 0) is 14.0 Å². The molecule has 1 aliphatic heterocycles. The number of hydrogen-bond acceptors (Lipinski definition) is 3. The predicted octanol–water partition coefficient (Wildman–Crippen LogP) is 0.466. The number of hydrogen-bond donors (Lipinski definition) is 1. The van der Waals surface area contributed by atoms with Crippen molar-refractivity contribution >= 4 is 0 Å². The number of rotatable bonds is 2. The van der Waals surface area contributed by atoms with Crippen molar-refractivity contribution < 1.29 is 0 Å². The van der Waals surface area contributed by atoms with E-state index in [9.17, 15) is 0 Å². The maximum atomic E-state index is 4.32. The summed E-state index contributed by atoms with van der Waals surface area (Å²) in [6.07, 6.45) is 1.78. The first kappa shape index (κ1) is 9.68. The largest absolute Gasteiger partial charge is 0.348 e. The summed E-state index contributed by atoms with van der Waals surface area (Å²) in [4.78, 5) is 12.3. The molecule has 0 radical (unpaired) electrons. The Morgan fingerprint density at radius 1 is 1.36 bits per heavy atom. The van der Waals surface area contributed by atoms with Gasteiger partial charge in [0.1, 0.15) is 0 Å². The molecular formula is C10H18N4. The van der Waals surface area contributed by atoms with Crippen LogP contribution in [-0.4, -0.2) is 53.0 Å². The van der Waals surface area contributed by atoms with Crippen molar-refractivity contribution in [3.63, 3.8) is 0 Å². The number of imidazole rings is 1.